The average Bonchev–Trinajstić information content (AvgIpc) is 2.83. The summed E-state index contributed by atoms with van der Waals surface area (Å²) in [5.41, 5.74) is 8.50. The van der Waals surface area contributed by atoms with Crippen molar-refractivity contribution in [3.8, 4) is 0 Å². The molecule has 0 aromatic heterocycles. The molecule has 2 unspecified atom stereocenters. The number of nitrogens with two attached hydrogens (primary N) is 1. The van der Waals surface area contributed by atoms with Gasteiger partial charge in [-0.2, -0.15) is 0 Å². The first kappa shape index (κ1) is 14.1. The van der Waals surface area contributed by atoms with Gasteiger partial charge in [0.25, 0.3) is 0 Å². The Morgan fingerprint density at radius 3 is 2.90 bits per heavy atom. The van der Waals surface area contributed by atoms with E-state index in [2.05, 4.69) is 6.92 Å². The minimum atomic E-state index is -0.578. The molecule has 0 aliphatic carbocycles. The molecule has 4 heteroatoms. The van der Waals surface area contributed by atoms with Crippen LogP contribution in [0.25, 0.3) is 5.57 Å². The van der Waals surface area contributed by atoms with Crippen LogP contribution in [0, 0.1) is 0 Å². The van der Waals surface area contributed by atoms with Gasteiger partial charge in [-0.25, -0.2) is 0 Å². The molecule has 1 fully saturated rings. The summed E-state index contributed by atoms with van der Waals surface area (Å²) in [6, 6.07) is 7.91. The maximum atomic E-state index is 12.7. The van der Waals surface area contributed by atoms with Crippen LogP contribution >= 0.6 is 0 Å². The van der Waals surface area contributed by atoms with E-state index in [4.69, 9.17) is 15.2 Å². The summed E-state index contributed by atoms with van der Waals surface area (Å²) < 4.78 is 11.3. The van der Waals surface area contributed by atoms with E-state index in [9.17, 15) is 4.79 Å². The van der Waals surface area contributed by atoms with E-state index in [0.717, 1.165) is 31.2 Å². The fourth-order valence-corrected chi connectivity index (χ4v) is 2.99. The third-order valence-electron chi connectivity index (χ3n) is 4.18. The number of Topliss-reactive ketones (excluding diaryl/α,β-unsaturated/α-hetero) is 1. The molecule has 2 aliphatic rings. The molecule has 4 nitrogen and oxygen atoms in total. The summed E-state index contributed by atoms with van der Waals surface area (Å²) in [6.07, 6.45) is 3.14. The van der Waals surface area contributed by atoms with Crippen molar-refractivity contribution in [1.82, 2.24) is 0 Å². The van der Waals surface area contributed by atoms with E-state index < -0.39 is 6.10 Å². The van der Waals surface area contributed by atoms with Crippen molar-refractivity contribution < 1.29 is 14.3 Å². The lowest BCUT2D eigenvalue weighted by Crippen LogP contribution is -2.37. The van der Waals surface area contributed by atoms with Crippen LogP contribution in [0.15, 0.2) is 30.1 Å². The Balaban J connectivity index is 1.85. The monoisotopic (exact) mass is 287 g/mol. The largest absolute Gasteiger partial charge is 0.464 e. The van der Waals surface area contributed by atoms with Crippen molar-refractivity contribution >= 4 is 11.4 Å². The Bertz CT molecular complexity index is 573. The second-order valence-electron chi connectivity index (χ2n) is 5.60. The maximum Gasteiger partial charge on any atom is 0.212 e. The Hall–Kier alpha value is -1.81. The number of aryl methyl sites for hydroxylation is 1. The first-order chi connectivity index (χ1) is 10.2. The van der Waals surface area contributed by atoms with Crippen LogP contribution in [0.4, 0.5) is 0 Å². The van der Waals surface area contributed by atoms with Crippen molar-refractivity contribution in [3.63, 3.8) is 0 Å². The predicted octanol–water partition coefficient (Wildman–Crippen LogP) is 2.41. The van der Waals surface area contributed by atoms with Gasteiger partial charge in [-0.15, -0.1) is 0 Å². The van der Waals surface area contributed by atoms with Crippen LogP contribution in [-0.4, -0.2) is 24.6 Å². The van der Waals surface area contributed by atoms with Crippen LogP contribution in [0.2, 0.25) is 0 Å². The summed E-state index contributed by atoms with van der Waals surface area (Å²) in [5, 5.41) is 0. The molecule has 0 saturated carbocycles. The Morgan fingerprint density at radius 1 is 1.33 bits per heavy atom. The smallest absolute Gasteiger partial charge is 0.212 e. The van der Waals surface area contributed by atoms with Crippen LogP contribution < -0.4 is 5.73 Å². The van der Waals surface area contributed by atoms with Gasteiger partial charge < -0.3 is 15.2 Å². The lowest BCUT2D eigenvalue weighted by atomic mass is 9.94. The van der Waals surface area contributed by atoms with Gasteiger partial charge in [-0.1, -0.05) is 31.2 Å². The van der Waals surface area contributed by atoms with E-state index in [1.54, 1.807) is 0 Å². The molecule has 0 radical (unpaired) electrons. The number of ketones is 1. The molecule has 2 N–H and O–H groups in total. The highest BCUT2D eigenvalue weighted by Crippen LogP contribution is 2.32. The Morgan fingerprint density at radius 2 is 2.19 bits per heavy atom. The normalized spacial score (nSPS) is 26.0. The van der Waals surface area contributed by atoms with Gasteiger partial charge in [0.15, 0.2) is 12.0 Å². The first-order valence-corrected chi connectivity index (χ1v) is 7.62. The fourth-order valence-electron chi connectivity index (χ4n) is 2.99. The highest BCUT2D eigenvalue weighted by molar-refractivity contribution is 6.25. The van der Waals surface area contributed by atoms with Crippen molar-refractivity contribution in [2.75, 3.05) is 6.61 Å². The van der Waals surface area contributed by atoms with Gasteiger partial charge in [-0.3, -0.25) is 4.79 Å². The number of rotatable bonds is 3. The van der Waals surface area contributed by atoms with E-state index in [0.29, 0.717) is 12.2 Å². The molecule has 0 spiro atoms. The molecule has 2 aliphatic heterocycles. The molecule has 112 valence electrons. The number of hydrogen-bond donors (Lipinski definition) is 1. The molecular formula is C17H21NO3. The summed E-state index contributed by atoms with van der Waals surface area (Å²) >= 11 is 0. The van der Waals surface area contributed by atoms with Crippen LogP contribution in [-0.2, 0) is 20.7 Å². The zero-order chi connectivity index (χ0) is 14.8. The third-order valence-corrected chi connectivity index (χ3v) is 4.18. The molecule has 1 aromatic carbocycles. The molecule has 1 aromatic rings. The fraction of sp³-hybridized carbons (Fsp3) is 0.471. The van der Waals surface area contributed by atoms with Gasteiger partial charge in [0.2, 0.25) is 5.78 Å². The highest BCUT2D eigenvalue weighted by atomic mass is 16.6. The molecular weight excluding hydrogens is 266 g/mol. The summed E-state index contributed by atoms with van der Waals surface area (Å²) in [5.74, 6) is 0.181. The minimum absolute atomic E-state index is 0.0485. The Kier molecular flexibility index (Phi) is 3.97. The molecule has 1 saturated heterocycles. The maximum absolute atomic E-state index is 12.7. The van der Waals surface area contributed by atoms with Crippen LogP contribution in [0.3, 0.4) is 0 Å². The van der Waals surface area contributed by atoms with Crippen molar-refractivity contribution in [1.29, 1.82) is 0 Å². The number of hydrogen-bond acceptors (Lipinski definition) is 4. The van der Waals surface area contributed by atoms with Crippen LogP contribution in [0.5, 0.6) is 0 Å². The SMILES string of the molecule is CCc1cccc(C2=C(N)OC(C3CCCCO3)C2=O)c1. The van der Waals surface area contributed by atoms with Gasteiger partial charge in [0, 0.05) is 6.61 Å². The van der Waals surface area contributed by atoms with Gasteiger partial charge in [-0.05, 0) is 36.8 Å². The topological polar surface area (TPSA) is 61.6 Å². The molecule has 21 heavy (non-hydrogen) atoms. The lowest BCUT2D eigenvalue weighted by Gasteiger charge is -2.26. The third kappa shape index (κ3) is 2.68. The summed E-state index contributed by atoms with van der Waals surface area (Å²) in [7, 11) is 0. The number of carbonyl (C=O) groups excluding carboxylic acids is 1. The predicted molar refractivity (Wildman–Crippen MR) is 80.4 cm³/mol. The summed E-state index contributed by atoms with van der Waals surface area (Å²) in [6.45, 7) is 2.78. The van der Waals surface area contributed by atoms with E-state index in [1.807, 2.05) is 24.3 Å². The molecule has 2 heterocycles. The number of ether oxygens (including phenoxy) is 2. The van der Waals surface area contributed by atoms with E-state index in [-0.39, 0.29) is 17.8 Å². The molecule has 2 atom stereocenters. The molecule has 0 amide bonds. The van der Waals surface area contributed by atoms with Crippen molar-refractivity contribution in [2.24, 2.45) is 5.73 Å². The lowest BCUT2D eigenvalue weighted by molar-refractivity contribution is -0.131. The zero-order valence-electron chi connectivity index (χ0n) is 12.3. The van der Waals surface area contributed by atoms with E-state index >= 15 is 0 Å². The Labute approximate surface area is 124 Å². The molecule has 3 rings (SSSR count). The van der Waals surface area contributed by atoms with Gasteiger partial charge in [0.05, 0.1) is 5.57 Å². The second kappa shape index (κ2) is 5.90. The number of carbonyl (C=O) groups is 1. The van der Waals surface area contributed by atoms with Gasteiger partial charge >= 0.3 is 0 Å². The summed E-state index contributed by atoms with van der Waals surface area (Å²) in [4.78, 5) is 12.7. The van der Waals surface area contributed by atoms with E-state index in [1.165, 1.54) is 5.56 Å². The van der Waals surface area contributed by atoms with Crippen LogP contribution in [0.1, 0.15) is 37.3 Å². The van der Waals surface area contributed by atoms with Crippen molar-refractivity contribution in [2.45, 2.75) is 44.8 Å². The minimum Gasteiger partial charge on any atom is -0.464 e. The number of benzene rings is 1. The van der Waals surface area contributed by atoms with Crippen molar-refractivity contribution in [3.05, 3.63) is 41.3 Å². The quantitative estimate of drug-likeness (QED) is 0.927. The average molecular weight is 287 g/mol. The zero-order valence-corrected chi connectivity index (χ0v) is 12.3. The standard InChI is InChI=1S/C17H21NO3/c1-2-11-6-5-7-12(10-11)14-15(19)16(21-17(14)18)13-8-3-4-9-20-13/h5-7,10,13,16H,2-4,8-9,18H2,1H3. The highest BCUT2D eigenvalue weighted by Gasteiger charge is 2.41. The molecule has 0 bridgehead atoms. The first-order valence-electron chi connectivity index (χ1n) is 7.62. The van der Waals surface area contributed by atoms with Gasteiger partial charge in [0.1, 0.15) is 6.10 Å². The second-order valence-corrected chi connectivity index (χ2v) is 5.60.